The van der Waals surface area contributed by atoms with Crippen LogP contribution in [0.5, 0.6) is 5.75 Å². The molecule has 106 valence electrons. The van der Waals surface area contributed by atoms with Crippen molar-refractivity contribution >= 4 is 5.97 Å². The van der Waals surface area contributed by atoms with Gasteiger partial charge >= 0.3 is 5.97 Å². The minimum absolute atomic E-state index is 0.0764. The van der Waals surface area contributed by atoms with Gasteiger partial charge in [0.05, 0.1) is 13.2 Å². The predicted molar refractivity (Wildman–Crippen MR) is 62.3 cm³/mol. The third-order valence-electron chi connectivity index (χ3n) is 2.31. The second-order valence-electron chi connectivity index (χ2n) is 3.81. The number of carbonyl (C=O) groups excluding carboxylic acids is 1. The molecule has 0 bridgehead atoms. The van der Waals surface area contributed by atoms with Crippen LogP contribution in [-0.4, -0.2) is 19.2 Å². The Kier molecular flexibility index (Phi) is 6.18. The van der Waals surface area contributed by atoms with Gasteiger partial charge in [0.1, 0.15) is 5.75 Å². The highest BCUT2D eigenvalue weighted by Crippen LogP contribution is 2.19. The molecule has 1 aromatic rings. The molecule has 0 spiro atoms. The van der Waals surface area contributed by atoms with Crippen LogP contribution in [0, 0.1) is 17.5 Å². The van der Waals surface area contributed by atoms with Gasteiger partial charge in [0.2, 0.25) is 0 Å². The summed E-state index contributed by atoms with van der Waals surface area (Å²) in [5.41, 5.74) is 0. The molecule has 0 aromatic heterocycles. The van der Waals surface area contributed by atoms with Gasteiger partial charge in [0, 0.05) is 18.6 Å². The summed E-state index contributed by atoms with van der Waals surface area (Å²) in [6.07, 6.45) is 1.34. The Morgan fingerprint density at radius 1 is 1.16 bits per heavy atom. The van der Waals surface area contributed by atoms with E-state index in [9.17, 15) is 18.0 Å². The topological polar surface area (TPSA) is 35.5 Å². The fraction of sp³-hybridized carbons (Fsp3) is 0.462. The van der Waals surface area contributed by atoms with E-state index in [0.717, 1.165) is 12.1 Å². The summed E-state index contributed by atoms with van der Waals surface area (Å²) in [4.78, 5) is 11.0. The number of hydrogen-bond acceptors (Lipinski definition) is 3. The van der Waals surface area contributed by atoms with E-state index in [1.807, 2.05) is 0 Å². The molecular weight excluding hydrogens is 261 g/mol. The standard InChI is InChI=1S/C13H15F3O3/c1-2-18-12(17)5-3-4-6-19-9-7-10(14)13(16)11(15)8-9/h7-8H,2-6H2,1H3. The van der Waals surface area contributed by atoms with Gasteiger partial charge in [-0.2, -0.15) is 0 Å². The largest absolute Gasteiger partial charge is 0.493 e. The summed E-state index contributed by atoms with van der Waals surface area (Å²) in [7, 11) is 0. The quantitative estimate of drug-likeness (QED) is 0.436. The lowest BCUT2D eigenvalue weighted by atomic mass is 10.2. The fourth-order valence-corrected chi connectivity index (χ4v) is 1.41. The van der Waals surface area contributed by atoms with E-state index in [2.05, 4.69) is 0 Å². The molecule has 0 saturated heterocycles. The highest BCUT2D eigenvalue weighted by atomic mass is 19.2. The van der Waals surface area contributed by atoms with Crippen LogP contribution in [0.15, 0.2) is 12.1 Å². The molecule has 0 fully saturated rings. The Hall–Kier alpha value is -1.72. The number of unbranched alkanes of at least 4 members (excludes halogenated alkanes) is 1. The third kappa shape index (κ3) is 5.19. The van der Waals surface area contributed by atoms with Crippen molar-refractivity contribution in [2.45, 2.75) is 26.2 Å². The lowest BCUT2D eigenvalue weighted by Gasteiger charge is -2.07. The van der Waals surface area contributed by atoms with E-state index in [4.69, 9.17) is 9.47 Å². The monoisotopic (exact) mass is 276 g/mol. The predicted octanol–water partition coefficient (Wildman–Crippen LogP) is 3.22. The molecule has 1 aromatic carbocycles. The number of ether oxygens (including phenoxy) is 2. The second-order valence-corrected chi connectivity index (χ2v) is 3.81. The van der Waals surface area contributed by atoms with Gasteiger partial charge in [-0.05, 0) is 19.8 Å². The summed E-state index contributed by atoms with van der Waals surface area (Å²) >= 11 is 0. The minimum Gasteiger partial charge on any atom is -0.493 e. The molecule has 0 N–H and O–H groups in total. The Labute approximate surface area is 109 Å². The Morgan fingerprint density at radius 3 is 2.37 bits per heavy atom. The number of benzene rings is 1. The maximum atomic E-state index is 12.8. The Balaban J connectivity index is 2.28. The zero-order valence-corrected chi connectivity index (χ0v) is 10.5. The van der Waals surface area contributed by atoms with Crippen LogP contribution in [-0.2, 0) is 9.53 Å². The maximum Gasteiger partial charge on any atom is 0.305 e. The molecule has 3 nitrogen and oxygen atoms in total. The van der Waals surface area contributed by atoms with Gasteiger partial charge in [-0.1, -0.05) is 0 Å². The third-order valence-corrected chi connectivity index (χ3v) is 2.31. The molecule has 0 aliphatic heterocycles. The van der Waals surface area contributed by atoms with Gasteiger partial charge in [0.25, 0.3) is 0 Å². The van der Waals surface area contributed by atoms with Crippen molar-refractivity contribution in [3.8, 4) is 5.75 Å². The Morgan fingerprint density at radius 2 is 1.79 bits per heavy atom. The number of esters is 1. The van der Waals surface area contributed by atoms with Crippen molar-refractivity contribution in [2.75, 3.05) is 13.2 Å². The average Bonchev–Trinajstić information content (AvgIpc) is 2.35. The van der Waals surface area contributed by atoms with Gasteiger partial charge in [-0.15, -0.1) is 0 Å². The van der Waals surface area contributed by atoms with Crippen molar-refractivity contribution in [1.29, 1.82) is 0 Å². The second kappa shape index (κ2) is 7.66. The molecule has 19 heavy (non-hydrogen) atoms. The van der Waals surface area contributed by atoms with Crippen LogP contribution >= 0.6 is 0 Å². The summed E-state index contributed by atoms with van der Waals surface area (Å²) < 4.78 is 48.2. The molecule has 0 radical (unpaired) electrons. The summed E-state index contributed by atoms with van der Waals surface area (Å²) in [6, 6.07) is 1.56. The first-order valence-corrected chi connectivity index (χ1v) is 5.97. The van der Waals surface area contributed by atoms with E-state index in [0.29, 0.717) is 19.4 Å². The summed E-state index contributed by atoms with van der Waals surface area (Å²) in [5, 5.41) is 0. The molecule has 0 heterocycles. The maximum absolute atomic E-state index is 12.8. The number of halogens is 3. The summed E-state index contributed by atoms with van der Waals surface area (Å²) in [6.45, 7) is 2.24. The van der Waals surface area contributed by atoms with Crippen molar-refractivity contribution in [3.63, 3.8) is 0 Å². The minimum atomic E-state index is -1.52. The van der Waals surface area contributed by atoms with Crippen LogP contribution in [0.3, 0.4) is 0 Å². The SMILES string of the molecule is CCOC(=O)CCCCOc1cc(F)c(F)c(F)c1. The van der Waals surface area contributed by atoms with Crippen molar-refractivity contribution in [3.05, 3.63) is 29.6 Å². The van der Waals surface area contributed by atoms with Crippen LogP contribution in [0.25, 0.3) is 0 Å². The lowest BCUT2D eigenvalue weighted by Crippen LogP contribution is -2.05. The molecular formula is C13H15F3O3. The highest BCUT2D eigenvalue weighted by Gasteiger charge is 2.11. The first kappa shape index (κ1) is 15.3. The molecule has 0 aliphatic carbocycles. The summed E-state index contributed by atoms with van der Waals surface area (Å²) in [5.74, 6) is -4.47. The molecule has 0 atom stereocenters. The smallest absolute Gasteiger partial charge is 0.305 e. The highest BCUT2D eigenvalue weighted by molar-refractivity contribution is 5.69. The van der Waals surface area contributed by atoms with Crippen molar-refractivity contribution < 1.29 is 27.4 Å². The van der Waals surface area contributed by atoms with E-state index >= 15 is 0 Å². The molecule has 1 rings (SSSR count). The first-order chi connectivity index (χ1) is 9.04. The van der Waals surface area contributed by atoms with Crippen molar-refractivity contribution in [2.24, 2.45) is 0 Å². The average molecular weight is 276 g/mol. The fourth-order valence-electron chi connectivity index (χ4n) is 1.41. The number of rotatable bonds is 7. The van der Waals surface area contributed by atoms with Gasteiger partial charge in [0.15, 0.2) is 17.5 Å². The van der Waals surface area contributed by atoms with Gasteiger partial charge in [-0.3, -0.25) is 4.79 Å². The van der Waals surface area contributed by atoms with E-state index in [1.165, 1.54) is 0 Å². The van der Waals surface area contributed by atoms with E-state index in [1.54, 1.807) is 6.92 Å². The number of hydrogen-bond donors (Lipinski definition) is 0. The lowest BCUT2D eigenvalue weighted by molar-refractivity contribution is -0.143. The molecule has 0 unspecified atom stereocenters. The van der Waals surface area contributed by atoms with Crippen molar-refractivity contribution in [1.82, 2.24) is 0 Å². The first-order valence-electron chi connectivity index (χ1n) is 5.97. The van der Waals surface area contributed by atoms with Crippen LogP contribution in [0.1, 0.15) is 26.2 Å². The normalized spacial score (nSPS) is 10.3. The number of carbonyl (C=O) groups is 1. The molecule has 6 heteroatoms. The zero-order valence-electron chi connectivity index (χ0n) is 10.5. The van der Waals surface area contributed by atoms with Gasteiger partial charge in [-0.25, -0.2) is 13.2 Å². The van der Waals surface area contributed by atoms with Gasteiger partial charge < -0.3 is 9.47 Å². The van der Waals surface area contributed by atoms with Crippen LogP contribution in [0.2, 0.25) is 0 Å². The molecule has 0 saturated carbocycles. The van der Waals surface area contributed by atoms with E-state index < -0.39 is 17.5 Å². The van der Waals surface area contributed by atoms with Crippen LogP contribution < -0.4 is 4.74 Å². The molecule has 0 amide bonds. The zero-order chi connectivity index (χ0) is 14.3. The Bertz CT molecular complexity index is 412. The molecule has 0 aliphatic rings. The van der Waals surface area contributed by atoms with Crippen LogP contribution in [0.4, 0.5) is 13.2 Å². The van der Waals surface area contributed by atoms with E-state index in [-0.39, 0.29) is 24.7 Å².